The van der Waals surface area contributed by atoms with E-state index in [1.165, 1.54) is 6.92 Å². The Kier molecular flexibility index (Phi) is 14.3. The van der Waals surface area contributed by atoms with Gasteiger partial charge in [-0.15, -0.1) is 0 Å². The van der Waals surface area contributed by atoms with E-state index in [1.807, 2.05) is 0 Å². The van der Waals surface area contributed by atoms with Gasteiger partial charge in [-0.05, 0) is 31.6 Å². The molecule has 0 radical (unpaired) electrons. The van der Waals surface area contributed by atoms with Crippen LogP contribution in [-0.4, -0.2) is 87.7 Å². The molecule has 0 aromatic heterocycles. The number of hydrogen-bond donors (Lipinski definition) is 8. The highest BCUT2D eigenvalue weighted by molar-refractivity contribution is 5.94. The summed E-state index contributed by atoms with van der Waals surface area (Å²) in [4.78, 5) is 72.2. The second-order valence-electron chi connectivity index (χ2n) is 9.30. The Morgan fingerprint density at radius 2 is 1.36 bits per heavy atom. The molecule has 0 bridgehead atoms. The van der Waals surface area contributed by atoms with E-state index < -0.39 is 78.8 Å². The van der Waals surface area contributed by atoms with Crippen molar-refractivity contribution in [3.05, 3.63) is 0 Å². The monoisotopic (exact) mass is 517 g/mol. The van der Waals surface area contributed by atoms with E-state index in [0.29, 0.717) is 0 Å². The van der Waals surface area contributed by atoms with Crippen molar-refractivity contribution >= 4 is 35.6 Å². The predicted molar refractivity (Wildman–Crippen MR) is 127 cm³/mol. The number of aliphatic carboxylic acids is 2. The lowest BCUT2D eigenvalue weighted by Crippen LogP contribution is -2.58. The minimum Gasteiger partial charge on any atom is -0.481 e. The standard InChI is InChI=1S/C22H39N5O9/c1-10(2)8-14(20(33)27-18(12(5)28)22(35)36)26-19(32)13(6-7-16(30)31)25-15(29)9-24-21(34)17(23)11(3)4/h10-14,17-18,28H,6-9,23H2,1-5H3,(H,24,34)(H,25,29)(H,26,32)(H,27,33)(H,30,31)(H,35,36)/t12-,13+,14+,17+,18+/m1/s1. The van der Waals surface area contributed by atoms with Crippen molar-refractivity contribution in [1.82, 2.24) is 21.3 Å². The fraction of sp³-hybridized carbons (Fsp3) is 0.727. The Bertz CT molecular complexity index is 801. The first-order valence-corrected chi connectivity index (χ1v) is 11.6. The first-order chi connectivity index (χ1) is 16.6. The maximum Gasteiger partial charge on any atom is 0.328 e. The molecule has 9 N–H and O–H groups in total. The maximum atomic E-state index is 12.9. The number of carbonyl (C=O) groups excluding carboxylic acids is 4. The molecule has 206 valence electrons. The van der Waals surface area contributed by atoms with Gasteiger partial charge in [0.1, 0.15) is 12.1 Å². The summed E-state index contributed by atoms with van der Waals surface area (Å²) in [6.45, 7) is 7.62. The third kappa shape index (κ3) is 12.4. The second-order valence-corrected chi connectivity index (χ2v) is 9.30. The third-order valence-corrected chi connectivity index (χ3v) is 5.13. The van der Waals surface area contributed by atoms with Crippen LogP contribution in [0, 0.1) is 11.8 Å². The lowest BCUT2D eigenvalue weighted by atomic mass is 10.0. The van der Waals surface area contributed by atoms with Gasteiger partial charge in [-0.1, -0.05) is 27.7 Å². The van der Waals surface area contributed by atoms with Crippen LogP contribution in [0.4, 0.5) is 0 Å². The Morgan fingerprint density at radius 1 is 0.806 bits per heavy atom. The second kappa shape index (κ2) is 15.7. The molecule has 0 rings (SSSR count). The Balaban J connectivity index is 5.48. The molecule has 0 aromatic rings. The van der Waals surface area contributed by atoms with Gasteiger partial charge in [-0.25, -0.2) is 4.79 Å². The number of aliphatic hydroxyl groups excluding tert-OH is 1. The van der Waals surface area contributed by atoms with Crippen LogP contribution in [0.1, 0.15) is 53.9 Å². The highest BCUT2D eigenvalue weighted by Gasteiger charge is 2.32. The largest absolute Gasteiger partial charge is 0.481 e. The summed E-state index contributed by atoms with van der Waals surface area (Å²) in [5.74, 6) is -6.11. The van der Waals surface area contributed by atoms with Crippen LogP contribution in [0.3, 0.4) is 0 Å². The van der Waals surface area contributed by atoms with Crippen molar-refractivity contribution in [3.63, 3.8) is 0 Å². The zero-order valence-corrected chi connectivity index (χ0v) is 21.2. The molecule has 0 aliphatic carbocycles. The van der Waals surface area contributed by atoms with Crippen LogP contribution < -0.4 is 27.0 Å². The number of carbonyl (C=O) groups is 6. The number of aliphatic hydroxyl groups is 1. The van der Waals surface area contributed by atoms with Gasteiger partial charge in [0.05, 0.1) is 18.7 Å². The van der Waals surface area contributed by atoms with Crippen LogP contribution in [-0.2, 0) is 28.8 Å². The number of nitrogens with two attached hydrogens (primary N) is 1. The van der Waals surface area contributed by atoms with E-state index in [4.69, 9.17) is 10.8 Å². The molecule has 0 unspecified atom stereocenters. The number of rotatable bonds is 16. The highest BCUT2D eigenvalue weighted by Crippen LogP contribution is 2.08. The quantitative estimate of drug-likeness (QED) is 0.111. The fourth-order valence-corrected chi connectivity index (χ4v) is 2.99. The van der Waals surface area contributed by atoms with E-state index in [9.17, 15) is 39.0 Å². The van der Waals surface area contributed by atoms with Crippen LogP contribution in [0.15, 0.2) is 0 Å². The van der Waals surface area contributed by atoms with E-state index in [0.717, 1.165) is 0 Å². The summed E-state index contributed by atoms with van der Waals surface area (Å²) in [6, 6.07) is -5.06. The molecule has 0 heterocycles. The molecule has 5 atom stereocenters. The van der Waals surface area contributed by atoms with Crippen molar-refractivity contribution in [2.75, 3.05) is 6.54 Å². The molecule has 0 aliphatic rings. The zero-order chi connectivity index (χ0) is 28.2. The molecular weight excluding hydrogens is 478 g/mol. The SMILES string of the molecule is CC(C)C[C@H](NC(=O)[C@H](CCC(=O)O)NC(=O)CNC(=O)[C@@H](N)C(C)C)C(=O)N[C@H](C(=O)O)[C@@H](C)O. The van der Waals surface area contributed by atoms with Gasteiger partial charge in [-0.2, -0.15) is 0 Å². The Labute approximate surface area is 209 Å². The van der Waals surface area contributed by atoms with Crippen molar-refractivity contribution in [1.29, 1.82) is 0 Å². The molecule has 0 saturated carbocycles. The molecule has 14 nitrogen and oxygen atoms in total. The molecule has 4 amide bonds. The molecule has 0 spiro atoms. The van der Waals surface area contributed by atoms with Gasteiger partial charge in [0.2, 0.25) is 23.6 Å². The molecule has 0 saturated heterocycles. The molecule has 36 heavy (non-hydrogen) atoms. The molecule has 0 fully saturated rings. The maximum absolute atomic E-state index is 12.9. The summed E-state index contributed by atoms with van der Waals surface area (Å²) >= 11 is 0. The summed E-state index contributed by atoms with van der Waals surface area (Å²) in [6.07, 6.45) is -2.11. The smallest absolute Gasteiger partial charge is 0.328 e. The first kappa shape index (κ1) is 32.7. The summed E-state index contributed by atoms with van der Waals surface area (Å²) in [5.41, 5.74) is 5.71. The van der Waals surface area contributed by atoms with Gasteiger partial charge in [0.15, 0.2) is 6.04 Å². The van der Waals surface area contributed by atoms with Gasteiger partial charge in [0.25, 0.3) is 0 Å². The third-order valence-electron chi connectivity index (χ3n) is 5.13. The zero-order valence-electron chi connectivity index (χ0n) is 21.2. The van der Waals surface area contributed by atoms with Crippen LogP contribution in [0.5, 0.6) is 0 Å². The normalized spacial score (nSPS) is 15.2. The van der Waals surface area contributed by atoms with Gasteiger partial charge in [0, 0.05) is 6.42 Å². The number of carboxylic acids is 2. The van der Waals surface area contributed by atoms with E-state index in [2.05, 4.69) is 21.3 Å². The summed E-state index contributed by atoms with van der Waals surface area (Å²) < 4.78 is 0. The molecule has 14 heteroatoms. The fourth-order valence-electron chi connectivity index (χ4n) is 2.99. The average Bonchev–Trinajstić information content (AvgIpc) is 2.76. The topological polar surface area (TPSA) is 237 Å². The first-order valence-electron chi connectivity index (χ1n) is 11.6. The van der Waals surface area contributed by atoms with Crippen molar-refractivity contribution in [3.8, 4) is 0 Å². The molecule has 0 aliphatic heterocycles. The van der Waals surface area contributed by atoms with Crippen LogP contribution in [0.25, 0.3) is 0 Å². The van der Waals surface area contributed by atoms with Crippen molar-refractivity contribution in [2.45, 2.75) is 84.2 Å². The van der Waals surface area contributed by atoms with Gasteiger partial charge < -0.3 is 42.3 Å². The van der Waals surface area contributed by atoms with E-state index in [1.54, 1.807) is 27.7 Å². The lowest BCUT2D eigenvalue weighted by Gasteiger charge is -2.26. The van der Waals surface area contributed by atoms with Gasteiger partial charge in [-0.3, -0.25) is 24.0 Å². The summed E-state index contributed by atoms with van der Waals surface area (Å²) in [7, 11) is 0. The van der Waals surface area contributed by atoms with E-state index in [-0.39, 0.29) is 24.7 Å². The highest BCUT2D eigenvalue weighted by atomic mass is 16.4. The molecule has 0 aromatic carbocycles. The minimum atomic E-state index is -1.62. The minimum absolute atomic E-state index is 0.0897. The van der Waals surface area contributed by atoms with Crippen LogP contribution >= 0.6 is 0 Å². The van der Waals surface area contributed by atoms with Gasteiger partial charge >= 0.3 is 11.9 Å². The Morgan fingerprint density at radius 3 is 1.81 bits per heavy atom. The lowest BCUT2D eigenvalue weighted by molar-refractivity contribution is -0.145. The number of carboxylic acid groups (broad SMARTS) is 2. The predicted octanol–water partition coefficient (Wildman–Crippen LogP) is -2.08. The number of amides is 4. The Hall–Kier alpha value is -3.26. The number of nitrogens with one attached hydrogen (secondary N) is 4. The summed E-state index contributed by atoms with van der Waals surface area (Å²) in [5, 5.41) is 37.1. The molecular formula is C22H39N5O9. The number of hydrogen-bond acceptors (Lipinski definition) is 8. The van der Waals surface area contributed by atoms with Crippen LogP contribution in [0.2, 0.25) is 0 Å². The van der Waals surface area contributed by atoms with E-state index >= 15 is 0 Å². The average molecular weight is 518 g/mol. The van der Waals surface area contributed by atoms with Crippen molar-refractivity contribution < 1.29 is 44.1 Å². The van der Waals surface area contributed by atoms with Crippen molar-refractivity contribution in [2.24, 2.45) is 17.6 Å².